The topological polar surface area (TPSA) is 35.5 Å². The average molecular weight is 412 g/mol. The fourth-order valence-electron chi connectivity index (χ4n) is 3.16. The quantitative estimate of drug-likeness (QED) is 0.333. The van der Waals surface area contributed by atoms with E-state index in [-0.39, 0.29) is 11.3 Å². The van der Waals surface area contributed by atoms with Gasteiger partial charge in [-0.2, -0.15) is 0 Å². The van der Waals surface area contributed by atoms with E-state index in [2.05, 4.69) is 11.7 Å². The Bertz CT molecular complexity index is 964. The first-order chi connectivity index (χ1) is 13.7. The van der Waals surface area contributed by atoms with Gasteiger partial charge in [-0.15, -0.1) is 13.2 Å². The summed E-state index contributed by atoms with van der Waals surface area (Å²) in [6, 6.07) is 4.81. The number of carbonyl (C=O) groups excluding carboxylic acids is 1. The summed E-state index contributed by atoms with van der Waals surface area (Å²) in [5.74, 6) is -4.67. The van der Waals surface area contributed by atoms with Crippen LogP contribution in [0.1, 0.15) is 47.7 Å². The van der Waals surface area contributed by atoms with Crippen LogP contribution in [0.3, 0.4) is 0 Å². The van der Waals surface area contributed by atoms with Crippen molar-refractivity contribution < 1.29 is 36.2 Å². The molecule has 0 radical (unpaired) electrons. The van der Waals surface area contributed by atoms with Crippen LogP contribution in [0.2, 0.25) is 0 Å². The van der Waals surface area contributed by atoms with Crippen molar-refractivity contribution in [1.29, 1.82) is 0 Å². The minimum Gasteiger partial charge on any atom is -0.423 e. The highest BCUT2D eigenvalue weighted by Crippen LogP contribution is 2.31. The van der Waals surface area contributed by atoms with Gasteiger partial charge in [0, 0.05) is 6.07 Å². The summed E-state index contributed by atoms with van der Waals surface area (Å²) in [5.41, 5.74) is 2.38. The van der Waals surface area contributed by atoms with Crippen molar-refractivity contribution in [3.63, 3.8) is 0 Å². The highest BCUT2D eigenvalue weighted by molar-refractivity contribution is 5.92. The van der Waals surface area contributed by atoms with Crippen molar-refractivity contribution in [3.8, 4) is 11.5 Å². The molecule has 29 heavy (non-hydrogen) atoms. The van der Waals surface area contributed by atoms with Crippen LogP contribution in [-0.2, 0) is 6.42 Å². The largest absolute Gasteiger partial charge is 0.573 e. The predicted octanol–water partition coefficient (Wildman–Crippen LogP) is 6.21. The number of alkyl halides is 3. The van der Waals surface area contributed by atoms with Gasteiger partial charge < -0.3 is 9.47 Å². The number of ether oxygens (including phenoxy) is 2. The van der Waals surface area contributed by atoms with Gasteiger partial charge in [-0.1, -0.05) is 25.0 Å². The zero-order valence-corrected chi connectivity index (χ0v) is 15.4. The number of fused-ring (bicyclic) bond motifs is 1. The van der Waals surface area contributed by atoms with Gasteiger partial charge in [0.15, 0.2) is 11.6 Å². The summed E-state index contributed by atoms with van der Waals surface area (Å²) in [7, 11) is 0. The van der Waals surface area contributed by atoms with Crippen LogP contribution in [-0.4, -0.2) is 12.3 Å². The van der Waals surface area contributed by atoms with Crippen LogP contribution in [0, 0.1) is 11.6 Å². The van der Waals surface area contributed by atoms with Crippen molar-refractivity contribution in [2.75, 3.05) is 0 Å². The van der Waals surface area contributed by atoms with Crippen LogP contribution in [0.25, 0.3) is 6.08 Å². The first kappa shape index (κ1) is 20.8. The van der Waals surface area contributed by atoms with Gasteiger partial charge in [-0.25, -0.2) is 13.6 Å². The molecule has 0 unspecified atom stereocenters. The molecule has 8 heteroatoms. The smallest absolute Gasteiger partial charge is 0.423 e. The number of aryl methyl sites for hydroxylation is 1. The predicted molar refractivity (Wildman–Crippen MR) is 95.6 cm³/mol. The molecule has 0 N–H and O–H groups in total. The van der Waals surface area contributed by atoms with E-state index >= 15 is 0 Å². The zero-order chi connectivity index (χ0) is 21.2. The molecule has 0 aliphatic heterocycles. The van der Waals surface area contributed by atoms with E-state index in [1.54, 1.807) is 0 Å². The Morgan fingerprint density at radius 2 is 1.83 bits per heavy atom. The molecule has 2 aromatic rings. The lowest BCUT2D eigenvalue weighted by atomic mass is 9.89. The van der Waals surface area contributed by atoms with Crippen LogP contribution in [0.15, 0.2) is 35.9 Å². The molecule has 2 aromatic carbocycles. The van der Waals surface area contributed by atoms with E-state index < -0.39 is 29.7 Å². The molecule has 0 atom stereocenters. The van der Waals surface area contributed by atoms with Gasteiger partial charge in [0.25, 0.3) is 0 Å². The summed E-state index contributed by atoms with van der Waals surface area (Å²) in [6.07, 6.45) is 0.223. The standard InChI is InChI=1S/C21H17F5O3/c1-2-3-12-4-5-13-9-16(17(22)10-14(13)8-12)20(27)28-15-6-7-19(18(23)11-15)29-21(24,25)26/h6-11H,2-5H2,1H3. The van der Waals surface area contributed by atoms with Gasteiger partial charge >= 0.3 is 12.3 Å². The van der Waals surface area contributed by atoms with E-state index in [0.29, 0.717) is 24.1 Å². The molecule has 1 aliphatic carbocycles. The third-order valence-electron chi connectivity index (χ3n) is 4.43. The maximum Gasteiger partial charge on any atom is 0.573 e. The molecule has 154 valence electrons. The highest BCUT2D eigenvalue weighted by atomic mass is 19.4. The second-order valence-electron chi connectivity index (χ2n) is 6.61. The molecule has 3 rings (SSSR count). The van der Waals surface area contributed by atoms with Crippen LogP contribution < -0.4 is 9.47 Å². The van der Waals surface area contributed by atoms with E-state index in [1.165, 1.54) is 17.7 Å². The van der Waals surface area contributed by atoms with Gasteiger partial charge in [0.1, 0.15) is 11.6 Å². The molecule has 0 spiro atoms. The summed E-state index contributed by atoms with van der Waals surface area (Å²) in [4.78, 5) is 12.3. The molecule has 0 fully saturated rings. The maximum absolute atomic E-state index is 14.4. The molecule has 0 saturated carbocycles. The van der Waals surface area contributed by atoms with Crippen molar-refractivity contribution in [2.24, 2.45) is 0 Å². The highest BCUT2D eigenvalue weighted by Gasteiger charge is 2.32. The minimum atomic E-state index is -5.06. The number of rotatable bonds is 5. The summed E-state index contributed by atoms with van der Waals surface area (Å²) >= 11 is 0. The third kappa shape index (κ3) is 5.13. The summed E-state index contributed by atoms with van der Waals surface area (Å²) < 4.78 is 73.1. The second-order valence-corrected chi connectivity index (χ2v) is 6.61. The Morgan fingerprint density at radius 3 is 2.48 bits per heavy atom. The fraction of sp³-hybridized carbons (Fsp3) is 0.286. The number of benzene rings is 2. The number of hydrogen-bond donors (Lipinski definition) is 0. The molecule has 3 nitrogen and oxygen atoms in total. The van der Waals surface area contributed by atoms with Gasteiger partial charge in [0.05, 0.1) is 5.56 Å². The lowest BCUT2D eigenvalue weighted by Crippen LogP contribution is -2.18. The van der Waals surface area contributed by atoms with Crippen molar-refractivity contribution in [1.82, 2.24) is 0 Å². The van der Waals surface area contributed by atoms with Gasteiger partial charge in [-0.05, 0) is 54.7 Å². The SMILES string of the molecule is CCCC1=Cc2cc(F)c(C(=O)Oc3ccc(OC(F)(F)F)c(F)c3)cc2CC1. The number of hydrogen-bond acceptors (Lipinski definition) is 3. The number of carbonyl (C=O) groups is 1. The molecule has 1 aliphatic rings. The average Bonchev–Trinajstić information content (AvgIpc) is 2.62. The fourth-order valence-corrected chi connectivity index (χ4v) is 3.16. The van der Waals surface area contributed by atoms with E-state index in [1.807, 2.05) is 6.08 Å². The normalized spacial score (nSPS) is 13.5. The van der Waals surface area contributed by atoms with Crippen molar-refractivity contribution >= 4 is 12.0 Å². The minimum absolute atomic E-state index is 0.327. The van der Waals surface area contributed by atoms with E-state index in [4.69, 9.17) is 4.74 Å². The lowest BCUT2D eigenvalue weighted by molar-refractivity contribution is -0.275. The zero-order valence-electron chi connectivity index (χ0n) is 15.4. The first-order valence-electron chi connectivity index (χ1n) is 8.95. The lowest BCUT2D eigenvalue weighted by Gasteiger charge is -2.17. The monoisotopic (exact) mass is 412 g/mol. The molecule has 0 bridgehead atoms. The number of allylic oxidation sites excluding steroid dienone is 1. The van der Waals surface area contributed by atoms with Crippen LogP contribution in [0.4, 0.5) is 22.0 Å². The Balaban J connectivity index is 1.79. The molecule has 0 aromatic heterocycles. The summed E-state index contributed by atoms with van der Waals surface area (Å²) in [6.45, 7) is 2.06. The van der Waals surface area contributed by atoms with Crippen LogP contribution >= 0.6 is 0 Å². The van der Waals surface area contributed by atoms with Crippen molar-refractivity contribution in [3.05, 3.63) is 64.2 Å². The van der Waals surface area contributed by atoms with E-state index in [0.717, 1.165) is 30.9 Å². The Morgan fingerprint density at radius 1 is 1.07 bits per heavy atom. The third-order valence-corrected chi connectivity index (χ3v) is 4.43. The molecular weight excluding hydrogens is 395 g/mol. The molecule has 0 amide bonds. The Hall–Kier alpha value is -2.90. The van der Waals surface area contributed by atoms with Gasteiger partial charge in [0.2, 0.25) is 0 Å². The van der Waals surface area contributed by atoms with Crippen LogP contribution in [0.5, 0.6) is 11.5 Å². The Kier molecular flexibility index (Phi) is 5.91. The van der Waals surface area contributed by atoms with E-state index in [9.17, 15) is 26.7 Å². The molecular formula is C21H17F5O3. The second kappa shape index (κ2) is 8.23. The summed E-state index contributed by atoms with van der Waals surface area (Å²) in [5, 5.41) is 0. The Labute approximate surface area is 163 Å². The van der Waals surface area contributed by atoms with Gasteiger partial charge in [-0.3, -0.25) is 0 Å². The molecule has 0 heterocycles. The number of esters is 1. The molecule has 0 saturated heterocycles. The number of halogens is 5. The first-order valence-corrected chi connectivity index (χ1v) is 8.95. The maximum atomic E-state index is 14.4. The van der Waals surface area contributed by atoms with Crippen molar-refractivity contribution in [2.45, 2.75) is 39.0 Å².